The molecule has 2 aliphatic rings. The van der Waals surface area contributed by atoms with Crippen LogP contribution >= 0.6 is 0 Å². The summed E-state index contributed by atoms with van der Waals surface area (Å²) < 4.78 is 0. The molecule has 0 heterocycles. The fourth-order valence-corrected chi connectivity index (χ4v) is 12.7. The van der Waals surface area contributed by atoms with Gasteiger partial charge < -0.3 is 4.90 Å². The zero-order valence-electron chi connectivity index (χ0n) is 37.1. The maximum absolute atomic E-state index is 2.54. The second-order valence-corrected chi connectivity index (χ2v) is 18.6. The third kappa shape index (κ3) is 5.00. The van der Waals surface area contributed by atoms with Gasteiger partial charge in [0.25, 0.3) is 0 Å². The molecule has 0 unspecified atom stereocenters. The van der Waals surface area contributed by atoms with Crippen LogP contribution in [-0.4, -0.2) is 0 Å². The van der Waals surface area contributed by atoms with Crippen LogP contribution in [0.5, 0.6) is 0 Å². The first kappa shape index (κ1) is 37.4. The molecule has 0 fully saturated rings. The van der Waals surface area contributed by atoms with Gasteiger partial charge in [-0.15, -0.1) is 0 Å². The van der Waals surface area contributed by atoms with Crippen molar-refractivity contribution in [3.05, 3.63) is 271 Å². The van der Waals surface area contributed by atoms with E-state index in [0.717, 1.165) is 17.1 Å². The highest BCUT2D eigenvalue weighted by Crippen LogP contribution is 2.63. The van der Waals surface area contributed by atoms with E-state index in [2.05, 4.69) is 254 Å². The lowest BCUT2D eigenvalue weighted by atomic mass is 9.70. The number of hydrogen-bond donors (Lipinski definition) is 0. The third-order valence-corrected chi connectivity index (χ3v) is 15.4. The average Bonchev–Trinajstić information content (AvgIpc) is 3.88. The van der Waals surface area contributed by atoms with Gasteiger partial charge in [-0.2, -0.15) is 0 Å². The summed E-state index contributed by atoms with van der Waals surface area (Å²) in [7, 11) is 0. The molecule has 0 aromatic heterocycles. The van der Waals surface area contributed by atoms with Crippen LogP contribution in [0.1, 0.15) is 22.3 Å². The summed E-state index contributed by atoms with van der Waals surface area (Å²) in [5.41, 5.74) is 15.8. The normalized spacial score (nSPS) is 13.1. The number of benzene rings is 13. The first-order chi connectivity index (χ1) is 33.8. The summed E-state index contributed by atoms with van der Waals surface area (Å²) in [6.07, 6.45) is 0. The van der Waals surface area contributed by atoms with Gasteiger partial charge in [-0.25, -0.2) is 0 Å². The molecule has 68 heavy (non-hydrogen) atoms. The molecule has 0 aliphatic heterocycles. The van der Waals surface area contributed by atoms with Gasteiger partial charge in [0, 0.05) is 16.8 Å². The molecule has 0 N–H and O–H groups in total. The van der Waals surface area contributed by atoms with Crippen LogP contribution in [-0.2, 0) is 5.41 Å². The van der Waals surface area contributed by atoms with Gasteiger partial charge in [-0.3, -0.25) is 0 Å². The standard InChI is InChI=1S/C67H41N/c1-2-21-48-46(19-1)47-20-4-6-25-52(47)60-40-43(35-37-53(48)60)42-17-15-18-44(39-42)68(65-34-16-30-59-51-23-5-3-22-49(51)50-24-7-8-29-58(50)66(59)65)45-36-38-57-56-28-11-14-33-63(56)67(64(57)41-45)61-31-12-9-26-54(61)55-27-10-13-32-62(55)67/h1-41H. The second-order valence-electron chi connectivity index (χ2n) is 18.6. The summed E-state index contributed by atoms with van der Waals surface area (Å²) in [6, 6.07) is 93.3. The Morgan fingerprint density at radius 2 is 0.632 bits per heavy atom. The molecule has 0 amide bonds. The Bertz CT molecular complexity index is 4140. The Morgan fingerprint density at radius 1 is 0.235 bits per heavy atom. The maximum atomic E-state index is 2.54. The molecule has 1 spiro atoms. The van der Waals surface area contributed by atoms with E-state index in [1.807, 2.05) is 0 Å². The van der Waals surface area contributed by atoms with Gasteiger partial charge in [0.15, 0.2) is 0 Å². The van der Waals surface area contributed by atoms with Crippen LogP contribution in [0, 0.1) is 0 Å². The SMILES string of the molecule is c1cc(-c2ccc3c4ccccc4c4ccccc4c3c2)cc(N(c2ccc3c(c2)C2(c4ccccc4-c4ccccc42)c2ccccc2-3)c2cccc3c4ccccc4c4ccccc4c23)c1. The van der Waals surface area contributed by atoms with Crippen molar-refractivity contribution >= 4 is 81.7 Å². The first-order valence-corrected chi connectivity index (χ1v) is 23.8. The summed E-state index contributed by atoms with van der Waals surface area (Å²) in [5.74, 6) is 0. The molecule has 0 atom stereocenters. The second kappa shape index (κ2) is 14.1. The van der Waals surface area contributed by atoms with E-state index in [0.29, 0.717) is 0 Å². The molecular weight excluding hydrogens is 819 g/mol. The molecule has 1 heteroatoms. The highest BCUT2D eigenvalue weighted by atomic mass is 15.1. The van der Waals surface area contributed by atoms with Crippen LogP contribution in [0.4, 0.5) is 17.1 Å². The van der Waals surface area contributed by atoms with Crippen LogP contribution < -0.4 is 4.90 Å². The molecule has 0 bridgehead atoms. The Balaban J connectivity index is 1.01. The molecule has 2 aliphatic carbocycles. The number of anilines is 3. The number of rotatable bonds is 4. The molecular formula is C67H41N. The van der Waals surface area contributed by atoms with E-state index in [-0.39, 0.29) is 0 Å². The summed E-state index contributed by atoms with van der Waals surface area (Å²) in [6.45, 7) is 0. The van der Waals surface area contributed by atoms with Gasteiger partial charge in [0.2, 0.25) is 0 Å². The fraction of sp³-hybridized carbons (Fsp3) is 0.0149. The predicted octanol–water partition coefficient (Wildman–Crippen LogP) is 18.1. The van der Waals surface area contributed by atoms with Crippen molar-refractivity contribution in [1.29, 1.82) is 0 Å². The highest BCUT2D eigenvalue weighted by molar-refractivity contribution is 6.29. The monoisotopic (exact) mass is 859 g/mol. The van der Waals surface area contributed by atoms with Gasteiger partial charge in [0.1, 0.15) is 0 Å². The molecule has 0 saturated carbocycles. The van der Waals surface area contributed by atoms with E-state index in [1.54, 1.807) is 0 Å². The van der Waals surface area contributed by atoms with Gasteiger partial charge in [0.05, 0.1) is 11.1 Å². The Kier molecular flexibility index (Phi) is 7.77. The average molecular weight is 860 g/mol. The summed E-state index contributed by atoms with van der Waals surface area (Å²) in [4.78, 5) is 2.54. The van der Waals surface area contributed by atoms with E-state index >= 15 is 0 Å². The number of hydrogen-bond acceptors (Lipinski definition) is 1. The van der Waals surface area contributed by atoms with Crippen LogP contribution in [0.15, 0.2) is 249 Å². The Hall–Kier alpha value is -8.78. The highest BCUT2D eigenvalue weighted by Gasteiger charge is 2.51. The quantitative estimate of drug-likeness (QED) is 0.159. The number of fused-ring (bicyclic) bond motifs is 22. The van der Waals surface area contributed by atoms with Crippen molar-refractivity contribution in [3.63, 3.8) is 0 Å². The van der Waals surface area contributed by atoms with Gasteiger partial charge in [-0.05, 0) is 151 Å². The minimum Gasteiger partial charge on any atom is -0.310 e. The minimum absolute atomic E-state index is 0.470. The topological polar surface area (TPSA) is 3.24 Å². The molecule has 0 radical (unpaired) electrons. The van der Waals surface area contributed by atoms with E-state index in [9.17, 15) is 0 Å². The summed E-state index contributed by atoms with van der Waals surface area (Å²) in [5, 5.41) is 15.2. The van der Waals surface area contributed by atoms with E-state index < -0.39 is 5.41 Å². The molecule has 314 valence electrons. The van der Waals surface area contributed by atoms with Crippen LogP contribution in [0.25, 0.3) is 98.0 Å². The van der Waals surface area contributed by atoms with E-state index in [1.165, 1.54) is 120 Å². The van der Waals surface area contributed by atoms with Gasteiger partial charge >= 0.3 is 0 Å². The number of nitrogens with zero attached hydrogens (tertiary/aromatic N) is 1. The molecule has 1 nitrogen and oxygen atoms in total. The molecule has 0 saturated heterocycles. The lowest BCUT2D eigenvalue weighted by Crippen LogP contribution is -2.26. The van der Waals surface area contributed by atoms with E-state index in [4.69, 9.17) is 0 Å². The zero-order chi connectivity index (χ0) is 44.5. The lowest BCUT2D eigenvalue weighted by molar-refractivity contribution is 0.793. The van der Waals surface area contributed by atoms with Crippen molar-refractivity contribution in [2.24, 2.45) is 0 Å². The Morgan fingerprint density at radius 3 is 1.19 bits per heavy atom. The first-order valence-electron chi connectivity index (χ1n) is 23.8. The van der Waals surface area contributed by atoms with Crippen molar-refractivity contribution in [2.45, 2.75) is 5.41 Å². The molecule has 13 aromatic rings. The minimum atomic E-state index is -0.470. The van der Waals surface area contributed by atoms with Crippen LogP contribution in [0.3, 0.4) is 0 Å². The van der Waals surface area contributed by atoms with Crippen molar-refractivity contribution in [2.75, 3.05) is 4.90 Å². The lowest BCUT2D eigenvalue weighted by Gasteiger charge is -2.32. The molecule has 15 rings (SSSR count). The largest absolute Gasteiger partial charge is 0.310 e. The predicted molar refractivity (Wildman–Crippen MR) is 288 cm³/mol. The maximum Gasteiger partial charge on any atom is 0.0726 e. The fourth-order valence-electron chi connectivity index (χ4n) is 12.7. The van der Waals surface area contributed by atoms with Crippen molar-refractivity contribution in [3.8, 4) is 33.4 Å². The molecule has 13 aromatic carbocycles. The smallest absolute Gasteiger partial charge is 0.0726 e. The van der Waals surface area contributed by atoms with Crippen molar-refractivity contribution < 1.29 is 0 Å². The third-order valence-electron chi connectivity index (χ3n) is 15.4. The summed E-state index contributed by atoms with van der Waals surface area (Å²) >= 11 is 0. The van der Waals surface area contributed by atoms with Gasteiger partial charge in [-0.1, -0.05) is 212 Å². The van der Waals surface area contributed by atoms with Crippen LogP contribution in [0.2, 0.25) is 0 Å². The zero-order valence-corrected chi connectivity index (χ0v) is 37.1. The Labute approximate surface area is 394 Å². The van der Waals surface area contributed by atoms with Crippen molar-refractivity contribution in [1.82, 2.24) is 0 Å².